The van der Waals surface area contributed by atoms with E-state index in [-0.39, 0.29) is 84.3 Å². The van der Waals surface area contributed by atoms with Gasteiger partial charge in [-0.05, 0) is 168 Å². The fourth-order valence-electron chi connectivity index (χ4n) is 11.6. The average molecular weight is 1350 g/mol. The first-order valence-corrected chi connectivity index (χ1v) is 30.0. The third-order valence-electron chi connectivity index (χ3n) is 16.1. The van der Waals surface area contributed by atoms with Crippen molar-refractivity contribution in [3.05, 3.63) is 92.8 Å². The molecule has 0 bridgehead atoms. The molecule has 94 heavy (non-hydrogen) atoms. The van der Waals surface area contributed by atoms with Gasteiger partial charge in [-0.25, -0.2) is 0 Å². The van der Waals surface area contributed by atoms with E-state index in [1.54, 1.807) is 13.8 Å². The van der Waals surface area contributed by atoms with Gasteiger partial charge in [0.2, 0.25) is 0 Å². The van der Waals surface area contributed by atoms with E-state index in [0.29, 0.717) is 25.2 Å². The second-order valence-corrected chi connectivity index (χ2v) is 23.1. The van der Waals surface area contributed by atoms with Crippen LogP contribution in [0, 0.1) is 47.2 Å². The second kappa shape index (κ2) is 32.7. The van der Waals surface area contributed by atoms with Gasteiger partial charge >= 0.3 is 0 Å². The lowest BCUT2D eigenvalue weighted by molar-refractivity contribution is -0.130. The lowest BCUT2D eigenvalue weighted by atomic mass is 9.79. The van der Waals surface area contributed by atoms with Crippen LogP contribution >= 0.6 is 0 Å². The number of ketones is 4. The van der Waals surface area contributed by atoms with Crippen molar-refractivity contribution in [1.82, 2.24) is 19.6 Å². The summed E-state index contributed by atoms with van der Waals surface area (Å²) < 4.78 is 476. The summed E-state index contributed by atoms with van der Waals surface area (Å²) in [7, 11) is -7.69. The van der Waals surface area contributed by atoms with E-state index in [9.17, 15) is 19.2 Å². The van der Waals surface area contributed by atoms with Gasteiger partial charge in [0.1, 0.15) is 23.1 Å². The highest BCUT2D eigenvalue weighted by molar-refractivity contribution is 5.85. The first-order valence-electron chi connectivity index (χ1n) is 56.5. The summed E-state index contributed by atoms with van der Waals surface area (Å²) >= 11 is 0. The molecule has 10 atom stereocenters. The molecule has 0 radical (unpaired) electrons. The van der Waals surface area contributed by atoms with Crippen LogP contribution in [0.15, 0.2) is 48.3 Å². The number of piperidine rings is 4. The van der Waals surface area contributed by atoms with Gasteiger partial charge < -0.3 is 37.9 Å². The van der Waals surface area contributed by atoms with E-state index in [1.807, 2.05) is 13.8 Å². The molecule has 10 unspecified atom stereocenters. The molecule has 8 aliphatic heterocycles. The Labute approximate surface area is 636 Å². The van der Waals surface area contributed by atoms with Crippen LogP contribution in [0.25, 0.3) is 0 Å². The molecule has 0 amide bonds. The van der Waals surface area contributed by atoms with Crippen LogP contribution in [0.3, 0.4) is 0 Å². The molecule has 16 heteroatoms. The molecule has 0 spiro atoms. The van der Waals surface area contributed by atoms with Crippen LogP contribution in [-0.4, -0.2) is 151 Å². The van der Waals surface area contributed by atoms with Crippen LogP contribution in [0.5, 0.6) is 46.0 Å². The highest BCUT2D eigenvalue weighted by atomic mass is 16.5. The molecule has 0 aromatic heterocycles. The monoisotopic (exact) mass is 1350 g/mol. The molecule has 4 aromatic carbocycles. The fourth-order valence-corrected chi connectivity index (χ4v) is 11.6. The van der Waals surface area contributed by atoms with Gasteiger partial charge in [0.25, 0.3) is 0 Å². The molecule has 4 fully saturated rings. The lowest BCUT2D eigenvalue weighted by Crippen LogP contribution is -2.46. The van der Waals surface area contributed by atoms with Crippen molar-refractivity contribution in [2.24, 2.45) is 47.2 Å². The van der Waals surface area contributed by atoms with Crippen molar-refractivity contribution in [3.8, 4) is 46.0 Å². The standard InChI is InChI=1S/2C20H29NO3.2C19H27NO3/c2*1-5-13(2)8-15-12-21-7-6-14-9-19(23-3)20(24-4)10-16(14)17(21)11-18(15)22;2*1-12(2)7-14-11-20-6-5-13-8-18(22-3)19(23-4)9-15(13)16(20)10-17(14)21/h2*9-10,13,15,17H,5-8,11-12H2,1-4H3;2*8-9,12,14,16H,5-7,10-11H2,1-4H3/i2D3,3D3,5D2,8D2,9D,10D,11D2,12D2,13D,15D;2D3,3D3,5D2,8D2,9D,10D,12D2,13D;3D3,8D,9D,10D2,11D2,14D;3D3,5D2,6D2,8D,9D,16D. The summed E-state index contributed by atoms with van der Waals surface area (Å²) in [6.45, 7) is -12.2. The number of Topliss-reactive ketones (excluding diaryl/α,β-unsaturated/α-hetero) is 4. The van der Waals surface area contributed by atoms with Crippen LogP contribution in [0.2, 0.25) is 0 Å². The number of rotatable bonds is 18. The Kier molecular flexibility index (Phi) is 10.4. The van der Waals surface area contributed by atoms with E-state index in [4.69, 9.17) is 111 Å². The minimum atomic E-state index is -4.21. The molecule has 0 saturated carbocycles. The maximum absolute atomic E-state index is 13.9. The average Bonchev–Trinajstić information content (AvgIpc) is 0.661. The predicted octanol–water partition coefficient (Wildman–Crippen LogP) is 13.7. The number of fused-ring (bicyclic) bond motifs is 12. The first kappa shape index (κ1) is 29.9. The van der Waals surface area contributed by atoms with Gasteiger partial charge in [0.05, 0.1) is 85.4 Å². The highest BCUT2D eigenvalue weighted by Crippen LogP contribution is 2.48. The summed E-state index contributed by atoms with van der Waals surface area (Å²) in [4.78, 5) is 57.3. The number of hydrogen-bond acceptors (Lipinski definition) is 16. The van der Waals surface area contributed by atoms with Crippen molar-refractivity contribution in [3.63, 3.8) is 0 Å². The molecule has 16 nitrogen and oxygen atoms in total. The first-order chi connectivity index (χ1) is 65.7. The van der Waals surface area contributed by atoms with E-state index in [0.717, 1.165) is 43.1 Å². The largest absolute Gasteiger partial charge is 0.493 e. The van der Waals surface area contributed by atoms with Gasteiger partial charge in [-0.2, -0.15) is 0 Å². The third kappa shape index (κ3) is 16.4. The summed E-state index contributed by atoms with van der Waals surface area (Å²) in [5.74, 6) is -26.3. The lowest BCUT2D eigenvalue weighted by Gasteiger charge is -2.43. The molecule has 516 valence electrons. The Morgan fingerprint density at radius 3 is 1.37 bits per heavy atom. The number of hydrogen-bond donors (Lipinski definition) is 0. The van der Waals surface area contributed by atoms with E-state index >= 15 is 0 Å². The Morgan fingerprint density at radius 1 is 0.500 bits per heavy atom. The Morgan fingerprint density at radius 2 is 0.915 bits per heavy atom. The maximum Gasteiger partial charge on any atom is 0.161 e. The SMILES string of the molecule is [2H]c1c(OC)c(OC([2H])([2H])[2H])c([2H])c2c1C1([2H])CC(=O)C(CC(C)C)CN1C([2H])([2H])C2([2H])[2H].[2H]c1c2c(c([2H])c(OC)c1OC([2H])([2H])[2H])C1CC(=O)C(C([2H])([2H])C([2H])(C([2H])([2H])[2H])C([2H])([2H])C)C([2H])([2H])N1CC2.[2H]c1c2c(c([2H])c(OC)c1OC([2H])([2H])[2H])C1N(CC2)C([2H])([2H])C([2H])(C([2H])([2H])C([2H])(C([2H])([2H])[2H])C([2H])([2H])C)C(=O)C1([2H])[2H].[2H]c1c2c(c([2H])c(OC)c1OC([2H])([2H])[2H])C1N(CC2)C([2H])([2H])C([2H])(CC(C)C)C(=O)C1([2H])[2H]. The Hall–Kier alpha value is -6.20. The zero-order chi connectivity index (χ0) is 114. The van der Waals surface area contributed by atoms with Gasteiger partial charge in [0.15, 0.2) is 46.0 Å². The minimum absolute atomic E-state index is 0.0176. The third-order valence-corrected chi connectivity index (χ3v) is 16.1. The molecule has 4 aromatic rings. The molecule has 0 N–H and O–H groups in total. The fraction of sp³-hybridized carbons (Fsp3) is 0.641. The summed E-state index contributed by atoms with van der Waals surface area (Å²) in [5.41, 5.74) is -1.70. The number of carbonyl (C=O) groups is 4. The number of methoxy groups -OCH3 is 8. The smallest absolute Gasteiger partial charge is 0.161 e. The topological polar surface area (TPSA) is 155 Å². The van der Waals surface area contributed by atoms with Crippen LogP contribution < -0.4 is 37.9 Å². The second-order valence-electron chi connectivity index (χ2n) is 23.1. The number of benzene rings is 4. The molecular formula is C78H112N4O12. The van der Waals surface area contributed by atoms with Gasteiger partial charge in [-0.1, -0.05) is 68.0 Å². The molecular weight excluding hydrogens is 1180 g/mol. The van der Waals surface area contributed by atoms with E-state index < -0.39 is 326 Å². The van der Waals surface area contributed by atoms with Crippen molar-refractivity contribution >= 4 is 23.1 Å². The predicted molar refractivity (Wildman–Crippen MR) is 370 cm³/mol. The minimum Gasteiger partial charge on any atom is -0.493 e. The Balaban J connectivity index is 0.000000219. The number of carbonyl (C=O) groups excluding carboxylic acids is 4. The van der Waals surface area contributed by atoms with Gasteiger partial charge in [0, 0.05) is 169 Å². The zero-order valence-corrected chi connectivity index (χ0v) is 53.5. The van der Waals surface area contributed by atoms with Crippen molar-refractivity contribution in [2.75, 3.05) is 109 Å². The molecule has 0 aliphatic carbocycles. The summed E-state index contributed by atoms with van der Waals surface area (Å²) in [6, 6.07) is -11.8. The molecule has 12 rings (SSSR count). The molecule has 4 saturated heterocycles. The van der Waals surface area contributed by atoms with Gasteiger partial charge in [-0.3, -0.25) is 38.8 Å². The molecule has 8 heterocycles. The summed E-state index contributed by atoms with van der Waals surface area (Å²) in [5, 5.41) is 0. The van der Waals surface area contributed by atoms with Gasteiger partial charge in [-0.15, -0.1) is 0 Å². The Bertz CT molecular complexity index is 5730. The normalized spacial score (nSPS) is 41.1. The van der Waals surface area contributed by atoms with E-state index in [1.165, 1.54) is 0 Å². The zero-order valence-electron chi connectivity index (χ0n) is 107. The van der Waals surface area contributed by atoms with Crippen LogP contribution in [0.1, 0.15) is 260 Å². The highest BCUT2D eigenvalue weighted by Gasteiger charge is 2.43. The van der Waals surface area contributed by atoms with Crippen molar-refractivity contribution in [1.29, 1.82) is 0 Å². The number of nitrogens with zero attached hydrogens (tertiary/aromatic N) is 4. The molecule has 8 aliphatic rings. The van der Waals surface area contributed by atoms with Crippen LogP contribution in [0.4, 0.5) is 0 Å². The summed E-state index contributed by atoms with van der Waals surface area (Å²) in [6.07, 6.45) is -24.7. The number of ether oxygens (including phenoxy) is 8. The van der Waals surface area contributed by atoms with Crippen molar-refractivity contribution in [2.45, 2.75) is 169 Å². The van der Waals surface area contributed by atoms with E-state index in [2.05, 4.69) is 0 Å². The van der Waals surface area contributed by atoms with Crippen molar-refractivity contribution < 1.29 is 130 Å². The quantitative estimate of drug-likeness (QED) is 0.0926. The maximum atomic E-state index is 13.9. The van der Waals surface area contributed by atoms with Crippen LogP contribution in [-0.2, 0) is 44.8 Å².